The number of phosphoric acid groups is 1. The summed E-state index contributed by atoms with van der Waals surface area (Å²) in [5.74, 6) is -0.613. The Morgan fingerprint density at radius 2 is 1.06 bits per heavy atom. The van der Waals surface area contributed by atoms with Crippen LogP contribution in [0.2, 0.25) is 0 Å². The Bertz CT molecular complexity index is 6120. The molecule has 3 unspecified atom stereocenters. The van der Waals surface area contributed by atoms with Crippen molar-refractivity contribution in [3.63, 3.8) is 0 Å². The van der Waals surface area contributed by atoms with Crippen LogP contribution in [0.25, 0.3) is 22.3 Å². The van der Waals surface area contributed by atoms with Gasteiger partial charge in [0, 0.05) is 30.6 Å². The molecule has 7 aromatic heterocycles. The second-order valence-electron chi connectivity index (χ2n) is 36.1. The van der Waals surface area contributed by atoms with Gasteiger partial charge in [-0.3, -0.25) is 60.3 Å². The van der Waals surface area contributed by atoms with Crippen molar-refractivity contribution in [3.8, 4) is 17.5 Å². The topological polar surface area (TPSA) is 716 Å². The van der Waals surface area contributed by atoms with E-state index in [4.69, 9.17) is 117 Å². The van der Waals surface area contributed by atoms with Gasteiger partial charge in [0.15, 0.2) is 81.8 Å². The molecule has 0 saturated carbocycles. The van der Waals surface area contributed by atoms with E-state index in [0.717, 1.165) is 41.7 Å². The first-order chi connectivity index (χ1) is 67.6. The van der Waals surface area contributed by atoms with Crippen molar-refractivity contribution in [1.29, 1.82) is 0 Å². The number of nitrogens with two attached hydrogens (primary N) is 4. The third-order valence-electron chi connectivity index (χ3n) is 22.4. The molecule has 1 aromatic carbocycles. The van der Waals surface area contributed by atoms with E-state index >= 15 is 17.6 Å². The first kappa shape index (κ1) is 119. The molecule has 60 heteroatoms. The fourth-order valence-corrected chi connectivity index (χ4v) is 20.6. The van der Waals surface area contributed by atoms with Gasteiger partial charge in [0.1, 0.15) is 91.6 Å². The number of hydrogen-bond donors (Lipinski definition) is 12. The number of fused-ring (bicyclic) bond motifs is 3. The Morgan fingerprint density at radius 3 is 1.52 bits per heavy atom. The summed E-state index contributed by atoms with van der Waals surface area (Å²) < 4.78 is 190. The number of ether oxygens (including phenoxy) is 9. The number of carbonyl (C=O) groups excluding carboxylic acids is 6. The van der Waals surface area contributed by atoms with Gasteiger partial charge >= 0.3 is 64.7 Å². The number of methoxy groups -OCH3 is 1. The summed E-state index contributed by atoms with van der Waals surface area (Å²) in [4.78, 5) is 148. The number of aromatic nitrogens is 14. The number of halogens is 5. The van der Waals surface area contributed by atoms with Crippen LogP contribution in [0.4, 0.5) is 45.5 Å². The van der Waals surface area contributed by atoms with E-state index in [0.29, 0.717) is 18.0 Å². The molecular weight excluding hydrogens is 2000 g/mol. The fraction of sp³-hybridized carbons (Fsp3) is 0.624. The average molecular weight is 2120 g/mol. The van der Waals surface area contributed by atoms with Crippen molar-refractivity contribution in [2.45, 2.75) is 276 Å². The molecule has 14 rings (SSSR count). The number of rotatable bonds is 30. The second kappa shape index (κ2) is 49.6. The molecule has 145 heavy (non-hydrogen) atoms. The third-order valence-corrected chi connectivity index (χ3v) is 27.2. The van der Waals surface area contributed by atoms with Gasteiger partial charge in [-0.15, -0.1) is 5.09 Å². The standard InChI is InChI=1S/C22H29FN3O9P.C19H31FN6O7P.C16H23FN5O6P.C16H26FN3O2.C10H14FN3O4.2CO2/c1-13(2)33-19(29)14(3)25-36(31,35-15-8-6-5-7-9-15)32-12-16-18(28)22(4,23)20(34-16)26-11-10-17(27)24-21(26)30;1-9(2)32-16(28)10(3)25-34(6,29)31-7-11-13(27)19(4,20)17(33-11)26-8-22-12-14(26)23-18(21)24-15(12)30-5;1-5-24-13-10-12(20-15(18)21-13)22(7-19-10)14-16(4,17)11-9(26-14)6-25-29(23,28-11)27-8(2)3;1-9(2)8-11-13(10(3)4)16(5,17)14(22-11)20-7-6-12(18)19-15(20)21;1-10(11)7(16)5(4-15)18-8(10)14-3-2-6(12)13-9(14)17;2*2-1-3/h5-11,13-14,16,18,20,28H,12H2,1-4H3,(H,25,31)(H,24,27,30);8-11,13,17,25,27,29H,7H2,1-6H3,(H2,21,23,24);7-9,11,14H,5-6H2,1-4H3,(H2,18,20,21);6-7,9-11,13-14H,8H2,1-5H3,(H2,18,19,21);2-3,5,7-8,15-16H,4H2,1H3,(H2,12,13,17);;/q;+1;;;;;/t14-,16+,18+,20+,22+,36?;10-,11+,13+,17+,19+,34?;9-,11-,14-,16-,29?;11-,13-,14-,16-;5-,7-,8-,10-;;/m00111../s1. The Hall–Kier alpha value is -11.1. The van der Waals surface area contributed by atoms with E-state index < -0.39 is 204 Å². The van der Waals surface area contributed by atoms with Crippen LogP contribution in [0.3, 0.4) is 0 Å². The highest BCUT2D eigenvalue weighted by molar-refractivity contribution is 7.62. The number of imidazole rings is 2. The zero-order valence-corrected chi connectivity index (χ0v) is 85.2. The summed E-state index contributed by atoms with van der Waals surface area (Å²) >= 11 is 0. The number of H-pyrrole nitrogens is 1. The highest BCUT2D eigenvalue weighted by atomic mass is 31.2. The number of anilines is 4. The van der Waals surface area contributed by atoms with Gasteiger partial charge in [-0.1, -0.05) is 45.9 Å². The number of aliphatic hydroxyl groups is 4. The summed E-state index contributed by atoms with van der Waals surface area (Å²) in [6.07, 6.45) is -10.7. The molecule has 0 amide bonds. The molecule has 52 nitrogen and oxygen atoms in total. The number of nitrogens with zero attached hydrogens (tertiary/aromatic N) is 13. The number of alkyl halides is 5. The van der Waals surface area contributed by atoms with E-state index in [-0.39, 0.29) is 107 Å². The maximum absolute atomic E-state index is 15.9. The maximum Gasteiger partial charge on any atom is 0.475 e. The zero-order chi connectivity index (χ0) is 109. The van der Waals surface area contributed by atoms with E-state index in [1.165, 1.54) is 111 Å². The van der Waals surface area contributed by atoms with Crippen molar-refractivity contribution in [2.75, 3.05) is 69.7 Å². The molecule has 0 aliphatic carbocycles. The minimum absolute atomic E-state index is 0.00839. The highest BCUT2D eigenvalue weighted by Gasteiger charge is 2.64. The molecule has 6 aliphatic heterocycles. The van der Waals surface area contributed by atoms with Crippen LogP contribution in [0.15, 0.2) is 99.0 Å². The van der Waals surface area contributed by atoms with E-state index in [9.17, 15) is 62.5 Å². The fourth-order valence-electron chi connectivity index (χ4n) is 16.1. The molecule has 6 aliphatic rings. The molecule has 0 spiro atoms. The monoisotopic (exact) mass is 2120 g/mol. The van der Waals surface area contributed by atoms with Gasteiger partial charge in [-0.05, 0) is 139 Å². The number of aliphatic hydroxyl groups excluding tert-OH is 4. The first-order valence-corrected chi connectivity index (χ1v) is 50.0. The van der Waals surface area contributed by atoms with Crippen LogP contribution in [-0.2, 0) is 93.7 Å². The smallest absolute Gasteiger partial charge is 0.475 e. The number of para-hydroxylation sites is 1. The molecular formula is C85H123F5N20O32P3+. The Kier molecular flexibility index (Phi) is 40.8. The number of phosphoric ester groups is 1. The van der Waals surface area contributed by atoms with Crippen LogP contribution in [0.5, 0.6) is 17.5 Å². The predicted octanol–water partition coefficient (Wildman–Crippen LogP) is 5.18. The van der Waals surface area contributed by atoms with Crippen molar-refractivity contribution in [2.24, 2.45) is 17.8 Å². The molecule has 6 saturated heterocycles. The zero-order valence-electron chi connectivity index (χ0n) is 82.6. The summed E-state index contributed by atoms with van der Waals surface area (Å²) in [5.41, 5.74) is 9.58. The van der Waals surface area contributed by atoms with Crippen molar-refractivity contribution in [3.05, 3.63) is 122 Å². The van der Waals surface area contributed by atoms with E-state index in [1.807, 2.05) is 18.8 Å². The van der Waals surface area contributed by atoms with Crippen LogP contribution in [0.1, 0.15) is 162 Å². The molecule has 16 N–H and O–H groups in total. The number of hydrogen-bond acceptors (Lipinski definition) is 45. The van der Waals surface area contributed by atoms with Crippen molar-refractivity contribution < 1.29 is 155 Å². The molecule has 6 fully saturated rings. The maximum atomic E-state index is 15.9. The number of esters is 2. The summed E-state index contributed by atoms with van der Waals surface area (Å²) in [6, 6.07) is 9.81. The normalized spacial score (nSPS) is 29.4. The van der Waals surface area contributed by atoms with E-state index in [1.54, 1.807) is 66.7 Å². The average Bonchev–Trinajstić information content (AvgIpc) is 1.59. The number of nitrogens with one attached hydrogen (secondary N) is 3. The number of carbonyl (C=O) groups is 2. The largest absolute Gasteiger partial charge is 0.479 e. The number of aromatic amines is 1. The summed E-state index contributed by atoms with van der Waals surface area (Å²) in [6.45, 7) is 29.1. The highest BCUT2D eigenvalue weighted by Crippen LogP contribution is 2.61. The summed E-state index contributed by atoms with van der Waals surface area (Å²) in [7, 11) is -10.1. The van der Waals surface area contributed by atoms with Crippen molar-refractivity contribution >= 4 is 93.5 Å². The SMILES string of the molecule is CC(C)C[C@H]1O[C@@H](n2ccc(N)nc2=O)[C@](C)(F)[C@@H]1C(C)C.CC(C)OC(=O)[C@H](C)NP(=O)(OC[C@H]1O[C@@H](n2ccc(=O)[nH]c2=O)[C@](C)(F)[C@@H]1O)Oc1ccccc1.CCOc1nc(N)nc2c1ncn2[C@@H]1O[C@@H]2COP(=O)(OC(C)C)O[C@H]2[C@@]1(C)F.COc1nc(N)nc2c1ncn2[C@@H]1O[C@H](CO[P+](C)(O)N[C@@H](C)C(=O)OC(C)C)[C@@H](O)[C@@]1(C)F.C[C@@]1(F)[C@H](O)[C@@H](CO)O[C@H]1n1ccc(N)nc1=O.O=C=O.O=C=O. The van der Waals surface area contributed by atoms with Gasteiger partial charge in [-0.2, -0.15) is 58.7 Å². The number of benzene rings is 1. The van der Waals surface area contributed by atoms with Gasteiger partial charge in [0.05, 0.1) is 70.6 Å². The van der Waals surface area contributed by atoms with Crippen LogP contribution < -0.4 is 69.7 Å². The molecule has 0 bridgehead atoms. The quantitative estimate of drug-likeness (QED) is 0.0157. The Balaban J connectivity index is 0.000000222. The minimum Gasteiger partial charge on any atom is -0.479 e. The van der Waals surface area contributed by atoms with Crippen LogP contribution in [0, 0.1) is 17.8 Å². The Labute approximate surface area is 825 Å². The molecule has 0 radical (unpaired) electrons. The first-order valence-electron chi connectivity index (χ1n) is 44.9. The lowest BCUT2D eigenvalue weighted by molar-refractivity contribution is -0.193. The lowest BCUT2D eigenvalue weighted by Crippen LogP contribution is -2.45. The van der Waals surface area contributed by atoms with Gasteiger partial charge in [0.2, 0.25) is 23.7 Å². The third kappa shape index (κ3) is 29.1. The second-order valence-corrected chi connectivity index (χ2v) is 41.6. The van der Waals surface area contributed by atoms with Crippen LogP contribution >= 0.6 is 23.4 Å². The summed E-state index contributed by atoms with van der Waals surface area (Å²) in [5, 5.41) is 45.0. The van der Waals surface area contributed by atoms with Crippen molar-refractivity contribution in [1.82, 2.24) is 77.9 Å². The lowest BCUT2D eigenvalue weighted by atomic mass is 9.77. The molecule has 8 aromatic rings. The Morgan fingerprint density at radius 1 is 0.607 bits per heavy atom. The molecule has 804 valence electrons. The minimum atomic E-state index is -4.30. The number of nitrogen functional groups attached to an aromatic ring is 4. The van der Waals surface area contributed by atoms with Gasteiger partial charge in [-0.25, -0.2) is 60.3 Å². The molecule has 13 heterocycles. The molecule has 25 atom stereocenters. The van der Waals surface area contributed by atoms with E-state index in [2.05, 4.69) is 63.9 Å². The van der Waals surface area contributed by atoms with Crippen LogP contribution in [-0.4, -0.2) is 278 Å². The van der Waals surface area contributed by atoms with Gasteiger partial charge < -0.3 is 90.5 Å². The van der Waals surface area contributed by atoms with Gasteiger partial charge in [0.25, 0.3) is 5.56 Å². The lowest BCUT2D eigenvalue weighted by Gasteiger charge is -2.34. The predicted molar refractivity (Wildman–Crippen MR) is 498 cm³/mol.